The lowest BCUT2D eigenvalue weighted by atomic mass is 9.98. The van der Waals surface area contributed by atoms with Crippen LogP contribution in [0.2, 0.25) is 0 Å². The molecule has 0 spiro atoms. The van der Waals surface area contributed by atoms with Gasteiger partial charge in [-0.05, 0) is 56.1 Å². The van der Waals surface area contributed by atoms with Gasteiger partial charge in [-0.1, -0.05) is 0 Å². The Balaban J connectivity index is 1.85. The van der Waals surface area contributed by atoms with Crippen LogP contribution in [0.3, 0.4) is 0 Å². The van der Waals surface area contributed by atoms with Crippen LogP contribution in [0.4, 0.5) is 10.5 Å². The van der Waals surface area contributed by atoms with Gasteiger partial charge in [0, 0.05) is 19.3 Å². The van der Waals surface area contributed by atoms with E-state index in [0.717, 1.165) is 32.5 Å². The first-order valence-corrected chi connectivity index (χ1v) is 6.92. The number of piperidine rings is 1. The van der Waals surface area contributed by atoms with E-state index >= 15 is 0 Å². The summed E-state index contributed by atoms with van der Waals surface area (Å²) in [6.45, 7) is 2.86. The maximum absolute atomic E-state index is 12.1. The third-order valence-electron chi connectivity index (χ3n) is 3.60. The number of carbonyl (C=O) groups excluding carboxylic acids is 1. The van der Waals surface area contributed by atoms with Crippen LogP contribution in [-0.2, 0) is 0 Å². The Morgan fingerprint density at radius 2 is 2.05 bits per heavy atom. The molecule has 1 aromatic rings. The summed E-state index contributed by atoms with van der Waals surface area (Å²) in [6.07, 6.45) is 2.24. The number of benzene rings is 1. The van der Waals surface area contributed by atoms with Gasteiger partial charge in [0.15, 0.2) is 0 Å². The highest BCUT2D eigenvalue weighted by molar-refractivity contribution is 5.89. The number of hydrogen-bond acceptors (Lipinski definition) is 3. The van der Waals surface area contributed by atoms with Crippen LogP contribution in [-0.4, -0.2) is 37.6 Å². The van der Waals surface area contributed by atoms with Gasteiger partial charge in [0.05, 0.1) is 11.6 Å². The van der Waals surface area contributed by atoms with Crippen molar-refractivity contribution < 1.29 is 4.79 Å². The molecule has 0 atom stereocenters. The molecule has 1 aromatic carbocycles. The van der Waals surface area contributed by atoms with Gasteiger partial charge in [0.25, 0.3) is 0 Å². The van der Waals surface area contributed by atoms with E-state index in [2.05, 4.69) is 16.7 Å². The van der Waals surface area contributed by atoms with E-state index in [-0.39, 0.29) is 6.03 Å². The van der Waals surface area contributed by atoms with Crippen LogP contribution in [0.1, 0.15) is 18.4 Å². The largest absolute Gasteiger partial charge is 0.327 e. The number of nitriles is 1. The van der Waals surface area contributed by atoms with Gasteiger partial charge in [0.2, 0.25) is 0 Å². The lowest BCUT2D eigenvalue weighted by Gasteiger charge is -2.27. The van der Waals surface area contributed by atoms with E-state index in [1.54, 1.807) is 29.2 Å². The Morgan fingerprint density at radius 3 is 2.65 bits per heavy atom. The molecular formula is C15H20N4O. The highest BCUT2D eigenvalue weighted by Gasteiger charge is 2.17. The van der Waals surface area contributed by atoms with E-state index in [9.17, 15) is 4.79 Å². The van der Waals surface area contributed by atoms with Gasteiger partial charge < -0.3 is 15.5 Å². The average molecular weight is 272 g/mol. The van der Waals surface area contributed by atoms with Crippen LogP contribution in [0, 0.1) is 17.2 Å². The summed E-state index contributed by atoms with van der Waals surface area (Å²) in [6, 6.07) is 8.84. The minimum Gasteiger partial charge on any atom is -0.327 e. The quantitative estimate of drug-likeness (QED) is 0.884. The number of nitrogens with one attached hydrogen (secondary N) is 2. The molecule has 2 N–H and O–H groups in total. The molecule has 2 amide bonds. The second-order valence-electron chi connectivity index (χ2n) is 5.19. The van der Waals surface area contributed by atoms with E-state index in [0.29, 0.717) is 17.2 Å². The van der Waals surface area contributed by atoms with E-state index in [1.165, 1.54) is 0 Å². The Labute approximate surface area is 119 Å². The van der Waals surface area contributed by atoms with Crippen LogP contribution in [0.15, 0.2) is 24.3 Å². The molecule has 1 heterocycles. The van der Waals surface area contributed by atoms with Gasteiger partial charge in [0.1, 0.15) is 0 Å². The highest BCUT2D eigenvalue weighted by atomic mass is 16.2. The fourth-order valence-electron chi connectivity index (χ4n) is 2.38. The molecule has 0 aliphatic carbocycles. The standard InChI is InChI=1S/C15H20N4O/c1-19(11-13-6-8-17-9-7-13)15(20)18-14-4-2-12(10-16)3-5-14/h2-5,13,17H,6-9,11H2,1H3,(H,18,20). The van der Waals surface area contributed by atoms with Gasteiger partial charge in [-0.3, -0.25) is 0 Å². The number of carbonyl (C=O) groups is 1. The van der Waals surface area contributed by atoms with Crippen molar-refractivity contribution >= 4 is 11.7 Å². The summed E-state index contributed by atoms with van der Waals surface area (Å²) in [5, 5.41) is 14.9. The topological polar surface area (TPSA) is 68.2 Å². The Bertz CT molecular complexity index is 486. The highest BCUT2D eigenvalue weighted by Crippen LogP contribution is 2.14. The van der Waals surface area contributed by atoms with Crippen LogP contribution in [0.25, 0.3) is 0 Å². The number of amides is 2. The molecule has 1 saturated heterocycles. The first-order chi connectivity index (χ1) is 9.69. The van der Waals surface area contributed by atoms with E-state index in [4.69, 9.17) is 5.26 Å². The molecule has 0 unspecified atom stereocenters. The maximum atomic E-state index is 12.1. The summed E-state index contributed by atoms with van der Waals surface area (Å²) in [7, 11) is 1.82. The van der Waals surface area contributed by atoms with E-state index in [1.807, 2.05) is 7.05 Å². The van der Waals surface area contributed by atoms with Crippen molar-refractivity contribution in [1.82, 2.24) is 10.2 Å². The van der Waals surface area contributed by atoms with Gasteiger partial charge in [-0.2, -0.15) is 5.26 Å². The van der Waals surface area contributed by atoms with Crippen LogP contribution >= 0.6 is 0 Å². The fourth-order valence-corrected chi connectivity index (χ4v) is 2.38. The fraction of sp³-hybridized carbons (Fsp3) is 0.467. The molecule has 0 bridgehead atoms. The third-order valence-corrected chi connectivity index (χ3v) is 3.60. The molecule has 0 radical (unpaired) electrons. The van der Waals surface area contributed by atoms with Crippen molar-refractivity contribution in [2.24, 2.45) is 5.92 Å². The zero-order valence-electron chi connectivity index (χ0n) is 11.7. The van der Waals surface area contributed by atoms with Crippen LogP contribution in [0.5, 0.6) is 0 Å². The van der Waals surface area contributed by atoms with Gasteiger partial charge >= 0.3 is 6.03 Å². The second-order valence-corrected chi connectivity index (χ2v) is 5.19. The molecule has 5 heteroatoms. The summed E-state index contributed by atoms with van der Waals surface area (Å²) in [5.74, 6) is 0.577. The Kier molecular flexibility index (Phi) is 4.97. The zero-order chi connectivity index (χ0) is 14.4. The molecular weight excluding hydrogens is 252 g/mol. The summed E-state index contributed by atoms with van der Waals surface area (Å²) in [5.41, 5.74) is 1.30. The maximum Gasteiger partial charge on any atom is 0.321 e. The van der Waals surface area contributed by atoms with Crippen molar-refractivity contribution in [3.8, 4) is 6.07 Å². The van der Waals surface area contributed by atoms with Gasteiger partial charge in [-0.15, -0.1) is 0 Å². The van der Waals surface area contributed by atoms with Gasteiger partial charge in [-0.25, -0.2) is 4.79 Å². The third kappa shape index (κ3) is 3.97. The van der Waals surface area contributed by atoms with Crippen molar-refractivity contribution in [1.29, 1.82) is 5.26 Å². The molecule has 20 heavy (non-hydrogen) atoms. The first kappa shape index (κ1) is 14.4. The smallest absolute Gasteiger partial charge is 0.321 e. The van der Waals surface area contributed by atoms with Crippen molar-refractivity contribution in [3.63, 3.8) is 0 Å². The molecule has 5 nitrogen and oxygen atoms in total. The predicted molar refractivity (Wildman–Crippen MR) is 78.4 cm³/mol. The second kappa shape index (κ2) is 6.92. The molecule has 106 valence electrons. The van der Waals surface area contributed by atoms with Crippen molar-refractivity contribution in [3.05, 3.63) is 29.8 Å². The number of hydrogen-bond donors (Lipinski definition) is 2. The lowest BCUT2D eigenvalue weighted by molar-refractivity contribution is 0.206. The summed E-state index contributed by atoms with van der Waals surface area (Å²) >= 11 is 0. The molecule has 1 aliphatic heterocycles. The monoisotopic (exact) mass is 272 g/mol. The molecule has 1 fully saturated rings. The Morgan fingerprint density at radius 1 is 1.40 bits per heavy atom. The van der Waals surface area contributed by atoms with E-state index < -0.39 is 0 Å². The normalized spacial score (nSPS) is 15.4. The predicted octanol–water partition coefficient (Wildman–Crippen LogP) is 2.02. The SMILES string of the molecule is CN(CC1CCNCC1)C(=O)Nc1ccc(C#N)cc1. The minimum absolute atomic E-state index is 0.103. The molecule has 0 saturated carbocycles. The Hall–Kier alpha value is -2.06. The van der Waals surface area contributed by atoms with Crippen LogP contribution < -0.4 is 10.6 Å². The number of urea groups is 1. The van der Waals surface area contributed by atoms with Crippen molar-refractivity contribution in [2.75, 3.05) is 32.0 Å². The zero-order valence-corrected chi connectivity index (χ0v) is 11.7. The number of rotatable bonds is 3. The number of anilines is 1. The molecule has 1 aliphatic rings. The number of nitrogens with zero attached hydrogens (tertiary/aromatic N) is 2. The first-order valence-electron chi connectivity index (χ1n) is 6.92. The summed E-state index contributed by atoms with van der Waals surface area (Å²) < 4.78 is 0. The molecule has 2 rings (SSSR count). The van der Waals surface area contributed by atoms with Crippen molar-refractivity contribution in [2.45, 2.75) is 12.8 Å². The average Bonchev–Trinajstić information content (AvgIpc) is 2.49. The molecule has 0 aromatic heterocycles. The lowest BCUT2D eigenvalue weighted by Crippen LogP contribution is -2.39. The summed E-state index contributed by atoms with van der Waals surface area (Å²) in [4.78, 5) is 13.8. The minimum atomic E-state index is -0.103.